The maximum absolute atomic E-state index is 13.9. The number of halogens is 1. The Kier molecular flexibility index (Phi) is 6.28. The first-order valence-electron chi connectivity index (χ1n) is 11.4. The summed E-state index contributed by atoms with van der Waals surface area (Å²) in [4.78, 5) is 3.69. The van der Waals surface area contributed by atoms with Crippen LogP contribution in [0, 0.1) is 5.95 Å². The zero-order valence-corrected chi connectivity index (χ0v) is 21.6. The van der Waals surface area contributed by atoms with Crippen LogP contribution in [-0.2, 0) is 20.8 Å². The summed E-state index contributed by atoms with van der Waals surface area (Å²) in [6.45, 7) is 16.2. The Morgan fingerprint density at radius 2 is 1.76 bits per heavy atom. The quantitative estimate of drug-likeness (QED) is 0.281. The zero-order valence-electron chi connectivity index (χ0n) is 20.6. The van der Waals surface area contributed by atoms with Crippen molar-refractivity contribution in [2.45, 2.75) is 71.3 Å². The third-order valence-electron chi connectivity index (χ3n) is 6.51. The Labute approximate surface area is 196 Å². The fourth-order valence-electron chi connectivity index (χ4n) is 3.71. The molecule has 4 rings (SSSR count). The minimum Gasteiger partial charge on any atom is -0.399 e. The lowest BCUT2D eigenvalue weighted by molar-refractivity contribution is 0.00578. The van der Waals surface area contributed by atoms with Crippen molar-refractivity contribution in [3.8, 4) is 11.3 Å². The SMILES string of the molecule is CC1(C)OB(c2ccc3c(c2)c(-c2ccnc(F)c2)nn3COCC[Si](C)(C)C)OC1(C)C. The lowest BCUT2D eigenvalue weighted by Gasteiger charge is -2.32. The van der Waals surface area contributed by atoms with E-state index in [0.717, 1.165) is 22.4 Å². The molecule has 0 N–H and O–H groups in total. The second kappa shape index (κ2) is 8.61. The molecule has 0 saturated carbocycles. The number of hydrogen-bond donors (Lipinski definition) is 0. The molecule has 1 fully saturated rings. The summed E-state index contributed by atoms with van der Waals surface area (Å²) < 4.78 is 34.2. The Hall–Kier alpha value is -2.07. The number of ether oxygens (including phenoxy) is 1. The predicted molar refractivity (Wildman–Crippen MR) is 133 cm³/mol. The Morgan fingerprint density at radius 3 is 2.39 bits per heavy atom. The van der Waals surface area contributed by atoms with Gasteiger partial charge in [0.2, 0.25) is 5.95 Å². The number of benzene rings is 1. The van der Waals surface area contributed by atoms with Gasteiger partial charge in [-0.1, -0.05) is 31.8 Å². The van der Waals surface area contributed by atoms with Crippen molar-refractivity contribution in [3.05, 3.63) is 42.5 Å². The van der Waals surface area contributed by atoms with Gasteiger partial charge in [0.15, 0.2) is 0 Å². The molecule has 1 aliphatic heterocycles. The van der Waals surface area contributed by atoms with Crippen molar-refractivity contribution in [1.29, 1.82) is 0 Å². The molecule has 0 amide bonds. The molecular weight excluding hydrogens is 436 g/mol. The molecule has 0 radical (unpaired) electrons. The fourth-order valence-corrected chi connectivity index (χ4v) is 4.47. The van der Waals surface area contributed by atoms with Crippen molar-refractivity contribution in [3.63, 3.8) is 0 Å². The largest absolute Gasteiger partial charge is 0.494 e. The number of rotatable bonds is 7. The van der Waals surface area contributed by atoms with Crippen molar-refractivity contribution >= 4 is 31.6 Å². The first kappa shape index (κ1) is 24.1. The molecule has 2 aromatic heterocycles. The van der Waals surface area contributed by atoms with Gasteiger partial charge < -0.3 is 14.0 Å². The molecule has 33 heavy (non-hydrogen) atoms. The van der Waals surface area contributed by atoms with Crippen molar-refractivity contribution in [2.75, 3.05) is 6.61 Å². The molecule has 3 aromatic rings. The normalized spacial score (nSPS) is 17.8. The highest BCUT2D eigenvalue weighted by Crippen LogP contribution is 2.37. The molecule has 9 heteroatoms. The maximum atomic E-state index is 13.9. The summed E-state index contributed by atoms with van der Waals surface area (Å²) in [5.41, 5.74) is 2.29. The lowest BCUT2D eigenvalue weighted by atomic mass is 9.78. The topological polar surface area (TPSA) is 58.4 Å². The van der Waals surface area contributed by atoms with Gasteiger partial charge in [-0.25, -0.2) is 9.67 Å². The third kappa shape index (κ3) is 5.06. The van der Waals surface area contributed by atoms with E-state index in [-0.39, 0.29) is 0 Å². The van der Waals surface area contributed by atoms with Crippen molar-refractivity contribution in [1.82, 2.24) is 14.8 Å². The van der Waals surface area contributed by atoms with E-state index in [1.54, 1.807) is 6.07 Å². The van der Waals surface area contributed by atoms with Crippen LogP contribution in [0.3, 0.4) is 0 Å². The van der Waals surface area contributed by atoms with E-state index in [4.69, 9.17) is 19.1 Å². The van der Waals surface area contributed by atoms with Crippen LogP contribution in [0.4, 0.5) is 4.39 Å². The Bertz CT molecular complexity index is 1140. The van der Waals surface area contributed by atoms with E-state index in [2.05, 4.69) is 24.6 Å². The number of aromatic nitrogens is 3. The van der Waals surface area contributed by atoms with Crippen molar-refractivity contribution in [2.24, 2.45) is 0 Å². The predicted octanol–water partition coefficient (Wildman–Crippen LogP) is 4.85. The van der Waals surface area contributed by atoms with Crippen LogP contribution in [-0.4, -0.2) is 47.8 Å². The molecule has 0 spiro atoms. The maximum Gasteiger partial charge on any atom is 0.494 e. The monoisotopic (exact) mass is 469 g/mol. The number of fused-ring (bicyclic) bond motifs is 1. The van der Waals surface area contributed by atoms with Gasteiger partial charge in [0.1, 0.15) is 12.4 Å². The van der Waals surface area contributed by atoms with E-state index >= 15 is 0 Å². The van der Waals surface area contributed by atoms with Crippen LogP contribution in [0.5, 0.6) is 0 Å². The Morgan fingerprint density at radius 1 is 1.06 bits per heavy atom. The molecule has 0 atom stereocenters. The summed E-state index contributed by atoms with van der Waals surface area (Å²) in [7, 11) is -1.67. The third-order valence-corrected chi connectivity index (χ3v) is 8.21. The van der Waals surface area contributed by atoms with E-state index < -0.39 is 32.3 Å². The first-order valence-corrected chi connectivity index (χ1v) is 15.1. The highest BCUT2D eigenvalue weighted by Gasteiger charge is 2.51. The average molecular weight is 469 g/mol. The number of pyridine rings is 1. The van der Waals surface area contributed by atoms with Gasteiger partial charge in [0, 0.05) is 37.9 Å². The van der Waals surface area contributed by atoms with Crippen LogP contribution in [0.15, 0.2) is 36.5 Å². The molecule has 3 heterocycles. The van der Waals surface area contributed by atoms with Crippen LogP contribution in [0.1, 0.15) is 27.7 Å². The van der Waals surface area contributed by atoms with Crippen LogP contribution >= 0.6 is 0 Å². The van der Waals surface area contributed by atoms with E-state index in [1.165, 1.54) is 12.3 Å². The van der Waals surface area contributed by atoms with Gasteiger partial charge >= 0.3 is 7.12 Å². The molecule has 0 unspecified atom stereocenters. The summed E-state index contributed by atoms with van der Waals surface area (Å²) in [6, 6.07) is 10.3. The summed E-state index contributed by atoms with van der Waals surface area (Å²) in [5, 5.41) is 5.68. The molecule has 1 aromatic carbocycles. The lowest BCUT2D eigenvalue weighted by Crippen LogP contribution is -2.41. The second-order valence-corrected chi connectivity index (χ2v) is 16.5. The van der Waals surface area contributed by atoms with E-state index in [0.29, 0.717) is 24.6 Å². The average Bonchev–Trinajstić information content (AvgIpc) is 3.17. The van der Waals surface area contributed by atoms with Gasteiger partial charge in [0.05, 0.1) is 16.7 Å². The Balaban J connectivity index is 1.70. The molecule has 1 aliphatic rings. The van der Waals surface area contributed by atoms with Crippen molar-refractivity contribution < 1.29 is 18.4 Å². The molecule has 1 saturated heterocycles. The zero-order chi connectivity index (χ0) is 24.0. The summed E-state index contributed by atoms with van der Waals surface area (Å²) >= 11 is 0. The standard InChI is InChI=1S/C24H33BFN3O3Si/c1-23(2)24(3,4)32-25(31-23)18-8-9-20-19(15-18)22(17-10-11-27-21(26)14-17)28-29(20)16-30-12-13-33(5,6)7/h8-11,14-15H,12-13,16H2,1-7H3. The molecule has 6 nitrogen and oxygen atoms in total. The van der Waals surface area contributed by atoms with Gasteiger partial charge in [-0.2, -0.15) is 9.49 Å². The van der Waals surface area contributed by atoms with Gasteiger partial charge in [-0.15, -0.1) is 0 Å². The summed E-state index contributed by atoms with van der Waals surface area (Å²) in [6.07, 6.45) is 1.46. The number of nitrogens with zero attached hydrogens (tertiary/aromatic N) is 3. The van der Waals surface area contributed by atoms with E-state index in [9.17, 15) is 4.39 Å². The van der Waals surface area contributed by atoms with E-state index in [1.807, 2.05) is 50.6 Å². The highest BCUT2D eigenvalue weighted by molar-refractivity contribution is 6.76. The molecule has 0 bridgehead atoms. The summed E-state index contributed by atoms with van der Waals surface area (Å²) in [5.74, 6) is -0.538. The fraction of sp³-hybridized carbons (Fsp3) is 0.500. The molecule has 0 aliphatic carbocycles. The minimum atomic E-state index is -1.18. The number of hydrogen-bond acceptors (Lipinski definition) is 5. The smallest absolute Gasteiger partial charge is 0.399 e. The minimum absolute atomic E-state index is 0.338. The van der Waals surface area contributed by atoms with Crippen LogP contribution in [0.2, 0.25) is 25.7 Å². The van der Waals surface area contributed by atoms with Gasteiger partial charge in [-0.3, -0.25) is 0 Å². The van der Waals surface area contributed by atoms with Crippen LogP contribution < -0.4 is 5.46 Å². The second-order valence-electron chi connectivity index (χ2n) is 10.9. The molecule has 176 valence electrons. The van der Waals surface area contributed by atoms with Gasteiger partial charge in [-0.05, 0) is 51.3 Å². The molecular formula is C24H33BFN3O3Si. The van der Waals surface area contributed by atoms with Gasteiger partial charge in [0.25, 0.3) is 0 Å². The first-order chi connectivity index (χ1) is 15.4. The highest BCUT2D eigenvalue weighted by atomic mass is 28.3. The van der Waals surface area contributed by atoms with Crippen LogP contribution in [0.25, 0.3) is 22.2 Å².